The first-order chi connectivity index (χ1) is 15.0. The zero-order valence-electron chi connectivity index (χ0n) is 17.2. The van der Waals surface area contributed by atoms with Crippen molar-refractivity contribution in [3.05, 3.63) is 71.9 Å². The van der Waals surface area contributed by atoms with Crippen LogP contribution < -0.4 is 5.32 Å². The number of hydrogen-bond donors (Lipinski definition) is 1. The number of benzene rings is 1. The van der Waals surface area contributed by atoms with E-state index in [1.54, 1.807) is 40.9 Å². The van der Waals surface area contributed by atoms with Gasteiger partial charge in [0.05, 0.1) is 6.54 Å². The fourth-order valence-electron chi connectivity index (χ4n) is 3.47. The third kappa shape index (κ3) is 4.82. The van der Waals surface area contributed by atoms with Crippen molar-refractivity contribution in [1.29, 1.82) is 0 Å². The molecule has 9 nitrogen and oxygen atoms in total. The Kier molecular flexibility index (Phi) is 5.83. The Morgan fingerprint density at radius 1 is 1.03 bits per heavy atom. The molecule has 3 heterocycles. The molecule has 1 N–H and O–H groups in total. The first kappa shape index (κ1) is 20.4. The van der Waals surface area contributed by atoms with E-state index >= 15 is 0 Å². The fourth-order valence-corrected chi connectivity index (χ4v) is 3.47. The lowest BCUT2D eigenvalue weighted by Gasteiger charge is -2.33. The van der Waals surface area contributed by atoms with Crippen LogP contribution in [0.5, 0.6) is 0 Å². The normalized spacial score (nSPS) is 13.8. The van der Waals surface area contributed by atoms with Crippen molar-refractivity contribution in [1.82, 2.24) is 19.6 Å². The van der Waals surface area contributed by atoms with Gasteiger partial charge in [0.2, 0.25) is 0 Å². The second-order valence-corrected chi connectivity index (χ2v) is 7.35. The van der Waals surface area contributed by atoms with E-state index in [9.17, 15) is 14.4 Å². The SMILES string of the molecule is Cc1ccc(C(=O)N2CCN(C(=O)C(=O)Nc3cccc(Cn4cccn4)c3)CC2)o1. The Bertz CT molecular complexity index is 1080. The summed E-state index contributed by atoms with van der Waals surface area (Å²) < 4.78 is 7.15. The monoisotopic (exact) mass is 421 g/mol. The van der Waals surface area contributed by atoms with Crippen molar-refractivity contribution < 1.29 is 18.8 Å². The van der Waals surface area contributed by atoms with Gasteiger partial charge in [0.1, 0.15) is 5.76 Å². The lowest BCUT2D eigenvalue weighted by atomic mass is 10.2. The summed E-state index contributed by atoms with van der Waals surface area (Å²) in [5.41, 5.74) is 1.50. The number of rotatable bonds is 4. The standard InChI is InChI=1S/C22H23N5O4/c1-16-6-7-19(31-16)21(29)25-10-12-26(13-11-25)22(30)20(28)24-18-5-2-4-17(14-18)15-27-9-3-8-23-27/h2-9,14H,10-13,15H2,1H3,(H,24,28). The molecule has 0 aliphatic carbocycles. The Morgan fingerprint density at radius 2 is 1.81 bits per heavy atom. The number of piperazine rings is 1. The number of nitrogens with one attached hydrogen (secondary N) is 1. The predicted molar refractivity (Wildman–Crippen MR) is 112 cm³/mol. The number of nitrogens with zero attached hydrogens (tertiary/aromatic N) is 4. The second-order valence-electron chi connectivity index (χ2n) is 7.35. The zero-order valence-corrected chi connectivity index (χ0v) is 17.2. The highest BCUT2D eigenvalue weighted by Crippen LogP contribution is 2.14. The van der Waals surface area contributed by atoms with E-state index in [0.29, 0.717) is 31.1 Å². The topological polar surface area (TPSA) is 101 Å². The lowest BCUT2D eigenvalue weighted by molar-refractivity contribution is -0.144. The molecule has 31 heavy (non-hydrogen) atoms. The third-order valence-corrected chi connectivity index (χ3v) is 5.09. The Morgan fingerprint density at radius 3 is 2.48 bits per heavy atom. The van der Waals surface area contributed by atoms with Crippen molar-refractivity contribution in [3.63, 3.8) is 0 Å². The summed E-state index contributed by atoms with van der Waals surface area (Å²) in [7, 11) is 0. The number of carbonyl (C=O) groups is 3. The number of aryl methyl sites for hydroxylation is 1. The van der Waals surface area contributed by atoms with Gasteiger partial charge in [-0.2, -0.15) is 5.10 Å². The Balaban J connectivity index is 1.31. The summed E-state index contributed by atoms with van der Waals surface area (Å²) in [5, 5.41) is 6.83. The third-order valence-electron chi connectivity index (χ3n) is 5.09. The molecule has 9 heteroatoms. The van der Waals surface area contributed by atoms with Gasteiger partial charge in [-0.3, -0.25) is 19.1 Å². The molecule has 0 unspecified atom stereocenters. The van der Waals surface area contributed by atoms with Crippen LogP contribution in [-0.4, -0.2) is 63.5 Å². The number of furan rings is 1. The molecular formula is C22H23N5O4. The summed E-state index contributed by atoms with van der Waals surface area (Å²) in [6.45, 7) is 3.61. The molecule has 0 spiro atoms. The van der Waals surface area contributed by atoms with Gasteiger partial charge >= 0.3 is 11.8 Å². The number of carbonyl (C=O) groups excluding carboxylic acids is 3. The maximum Gasteiger partial charge on any atom is 0.313 e. The maximum atomic E-state index is 12.6. The molecule has 160 valence electrons. The van der Waals surface area contributed by atoms with Crippen molar-refractivity contribution >= 4 is 23.4 Å². The van der Waals surface area contributed by atoms with Crippen LogP contribution in [0.4, 0.5) is 5.69 Å². The van der Waals surface area contributed by atoms with Crippen LogP contribution in [0, 0.1) is 6.92 Å². The molecular weight excluding hydrogens is 398 g/mol. The van der Waals surface area contributed by atoms with E-state index in [0.717, 1.165) is 5.56 Å². The van der Waals surface area contributed by atoms with Gasteiger partial charge in [-0.05, 0) is 42.8 Å². The van der Waals surface area contributed by atoms with E-state index in [1.165, 1.54) is 4.90 Å². The minimum atomic E-state index is -0.697. The van der Waals surface area contributed by atoms with Crippen molar-refractivity contribution in [2.45, 2.75) is 13.5 Å². The largest absolute Gasteiger partial charge is 0.456 e. The zero-order chi connectivity index (χ0) is 21.8. The van der Waals surface area contributed by atoms with Crippen LogP contribution in [0.25, 0.3) is 0 Å². The van der Waals surface area contributed by atoms with Crippen LogP contribution in [0.2, 0.25) is 0 Å². The minimum Gasteiger partial charge on any atom is -0.456 e. The molecule has 0 atom stereocenters. The smallest absolute Gasteiger partial charge is 0.313 e. The van der Waals surface area contributed by atoms with Crippen LogP contribution >= 0.6 is 0 Å². The summed E-state index contributed by atoms with van der Waals surface area (Å²) in [6.07, 6.45) is 3.56. The summed E-state index contributed by atoms with van der Waals surface area (Å²) in [6, 6.07) is 12.5. The summed E-state index contributed by atoms with van der Waals surface area (Å²) >= 11 is 0. The average Bonchev–Trinajstić information content (AvgIpc) is 3.45. The first-order valence-corrected chi connectivity index (χ1v) is 10.0. The minimum absolute atomic E-state index is 0.210. The van der Waals surface area contributed by atoms with Gasteiger partial charge < -0.3 is 19.5 Å². The number of aromatic nitrogens is 2. The second kappa shape index (κ2) is 8.86. The fraction of sp³-hybridized carbons (Fsp3) is 0.273. The number of anilines is 1. The van der Waals surface area contributed by atoms with Gasteiger partial charge in [0.15, 0.2) is 5.76 Å². The molecule has 1 saturated heterocycles. The Labute approximate surface area is 179 Å². The molecule has 0 saturated carbocycles. The van der Waals surface area contributed by atoms with E-state index < -0.39 is 11.8 Å². The van der Waals surface area contributed by atoms with E-state index in [-0.39, 0.29) is 24.8 Å². The highest BCUT2D eigenvalue weighted by molar-refractivity contribution is 6.39. The maximum absolute atomic E-state index is 12.6. The summed E-state index contributed by atoms with van der Waals surface area (Å²) in [4.78, 5) is 40.6. The lowest BCUT2D eigenvalue weighted by Crippen LogP contribution is -2.52. The molecule has 3 amide bonds. The van der Waals surface area contributed by atoms with Crippen LogP contribution in [-0.2, 0) is 16.1 Å². The molecule has 4 rings (SSSR count). The van der Waals surface area contributed by atoms with Gasteiger partial charge in [-0.25, -0.2) is 0 Å². The number of amides is 3. The first-order valence-electron chi connectivity index (χ1n) is 10.0. The van der Waals surface area contributed by atoms with Crippen molar-refractivity contribution in [3.8, 4) is 0 Å². The predicted octanol–water partition coefficient (Wildman–Crippen LogP) is 1.76. The highest BCUT2D eigenvalue weighted by atomic mass is 16.3. The van der Waals surface area contributed by atoms with Crippen molar-refractivity contribution in [2.75, 3.05) is 31.5 Å². The van der Waals surface area contributed by atoms with Crippen LogP contribution in [0.3, 0.4) is 0 Å². The van der Waals surface area contributed by atoms with Gasteiger partial charge in [0, 0.05) is 44.3 Å². The highest BCUT2D eigenvalue weighted by Gasteiger charge is 2.29. The molecule has 1 fully saturated rings. The van der Waals surface area contributed by atoms with Gasteiger partial charge in [0.25, 0.3) is 5.91 Å². The van der Waals surface area contributed by atoms with E-state index in [1.807, 2.05) is 30.5 Å². The van der Waals surface area contributed by atoms with E-state index in [4.69, 9.17) is 4.42 Å². The molecule has 1 aliphatic rings. The van der Waals surface area contributed by atoms with Crippen LogP contribution in [0.1, 0.15) is 21.9 Å². The molecule has 2 aromatic heterocycles. The molecule has 1 aliphatic heterocycles. The van der Waals surface area contributed by atoms with E-state index in [2.05, 4.69) is 10.4 Å². The van der Waals surface area contributed by atoms with Gasteiger partial charge in [-0.15, -0.1) is 0 Å². The average molecular weight is 421 g/mol. The molecule has 0 bridgehead atoms. The molecule has 0 radical (unpaired) electrons. The van der Waals surface area contributed by atoms with Crippen LogP contribution in [0.15, 0.2) is 59.3 Å². The van der Waals surface area contributed by atoms with Crippen molar-refractivity contribution in [2.24, 2.45) is 0 Å². The molecule has 3 aromatic rings. The summed E-state index contributed by atoms with van der Waals surface area (Å²) in [5.74, 6) is -0.567. The Hall–Kier alpha value is -3.88. The quantitative estimate of drug-likeness (QED) is 0.647. The van der Waals surface area contributed by atoms with Gasteiger partial charge in [-0.1, -0.05) is 12.1 Å². The number of hydrogen-bond acceptors (Lipinski definition) is 5. The molecule has 1 aromatic carbocycles.